The van der Waals surface area contributed by atoms with Gasteiger partial charge in [-0.05, 0) is 37.6 Å². The van der Waals surface area contributed by atoms with Crippen LogP contribution in [0.5, 0.6) is 0 Å². The van der Waals surface area contributed by atoms with E-state index in [2.05, 4.69) is 24.0 Å². The number of nitrogen functional groups attached to an aromatic ring is 1. The maximum absolute atomic E-state index is 11.4. The van der Waals surface area contributed by atoms with Crippen molar-refractivity contribution in [3.05, 3.63) is 59.7 Å². The number of rotatable bonds is 5. The third-order valence-corrected chi connectivity index (χ3v) is 3.38. The monoisotopic (exact) mass is 268 g/mol. The third-order valence-electron chi connectivity index (χ3n) is 3.38. The van der Waals surface area contributed by atoms with Crippen LogP contribution in [0.3, 0.4) is 0 Å². The van der Waals surface area contributed by atoms with Crippen molar-refractivity contribution in [2.75, 3.05) is 17.2 Å². The van der Waals surface area contributed by atoms with Gasteiger partial charge in [-0.2, -0.15) is 0 Å². The number of anilines is 2. The zero-order chi connectivity index (χ0) is 14.5. The number of ketones is 1. The molecule has 2 rings (SSSR count). The van der Waals surface area contributed by atoms with Crippen molar-refractivity contribution in [1.29, 1.82) is 0 Å². The standard InChI is InChI=1S/C17H20N2O/c1-3-19(12-14-7-5-4-6-8-14)15-9-10-16(13(2)20)17(18)11-15/h4-11H,3,12,18H2,1-2H3. The van der Waals surface area contributed by atoms with Crippen LogP contribution in [-0.2, 0) is 6.54 Å². The molecule has 0 aromatic heterocycles. The first-order valence-corrected chi connectivity index (χ1v) is 6.81. The molecule has 0 atom stereocenters. The summed E-state index contributed by atoms with van der Waals surface area (Å²) in [6.07, 6.45) is 0. The molecule has 2 aromatic rings. The topological polar surface area (TPSA) is 46.3 Å². The highest BCUT2D eigenvalue weighted by Gasteiger charge is 2.09. The minimum atomic E-state index is 0.000146. The van der Waals surface area contributed by atoms with Crippen LogP contribution in [0.25, 0.3) is 0 Å². The first kappa shape index (κ1) is 14.1. The van der Waals surface area contributed by atoms with Crippen LogP contribution in [0.1, 0.15) is 29.8 Å². The molecule has 2 aromatic carbocycles. The predicted octanol–water partition coefficient (Wildman–Crippen LogP) is 3.50. The molecular formula is C17H20N2O. The zero-order valence-electron chi connectivity index (χ0n) is 12.0. The number of hydrogen-bond acceptors (Lipinski definition) is 3. The Morgan fingerprint density at radius 2 is 1.85 bits per heavy atom. The average molecular weight is 268 g/mol. The Morgan fingerprint density at radius 3 is 2.40 bits per heavy atom. The number of nitrogens with two attached hydrogens (primary N) is 1. The molecule has 0 aliphatic rings. The Balaban J connectivity index is 2.24. The average Bonchev–Trinajstić information content (AvgIpc) is 2.45. The molecule has 0 saturated heterocycles. The Kier molecular flexibility index (Phi) is 4.41. The Hall–Kier alpha value is -2.29. The van der Waals surface area contributed by atoms with Crippen LogP contribution in [0.4, 0.5) is 11.4 Å². The van der Waals surface area contributed by atoms with Gasteiger partial charge in [-0.15, -0.1) is 0 Å². The molecule has 104 valence electrons. The largest absolute Gasteiger partial charge is 0.398 e. The Labute approximate surface area is 120 Å². The summed E-state index contributed by atoms with van der Waals surface area (Å²) >= 11 is 0. The van der Waals surface area contributed by atoms with E-state index >= 15 is 0 Å². The summed E-state index contributed by atoms with van der Waals surface area (Å²) in [5.41, 5.74) is 9.39. The predicted molar refractivity (Wildman–Crippen MR) is 84.0 cm³/mol. The fourth-order valence-corrected chi connectivity index (χ4v) is 2.26. The van der Waals surface area contributed by atoms with Gasteiger partial charge in [0.15, 0.2) is 5.78 Å². The third kappa shape index (κ3) is 3.18. The molecule has 20 heavy (non-hydrogen) atoms. The second-order valence-electron chi connectivity index (χ2n) is 4.83. The quantitative estimate of drug-likeness (QED) is 0.667. The number of benzene rings is 2. The number of nitrogens with zero attached hydrogens (tertiary/aromatic N) is 1. The van der Waals surface area contributed by atoms with Crippen molar-refractivity contribution >= 4 is 17.2 Å². The molecule has 0 bridgehead atoms. The highest BCUT2D eigenvalue weighted by molar-refractivity contribution is 5.99. The van der Waals surface area contributed by atoms with E-state index < -0.39 is 0 Å². The summed E-state index contributed by atoms with van der Waals surface area (Å²) in [7, 11) is 0. The van der Waals surface area contributed by atoms with Crippen LogP contribution < -0.4 is 10.6 Å². The summed E-state index contributed by atoms with van der Waals surface area (Å²) in [6.45, 7) is 5.36. The molecule has 0 spiro atoms. The molecule has 0 unspecified atom stereocenters. The minimum absolute atomic E-state index is 0.000146. The van der Waals surface area contributed by atoms with Crippen molar-refractivity contribution in [1.82, 2.24) is 0 Å². The van der Waals surface area contributed by atoms with E-state index in [0.29, 0.717) is 11.3 Å². The van der Waals surface area contributed by atoms with Crippen molar-refractivity contribution in [2.24, 2.45) is 0 Å². The summed E-state index contributed by atoms with van der Waals surface area (Å²) < 4.78 is 0. The van der Waals surface area contributed by atoms with E-state index in [9.17, 15) is 4.79 Å². The van der Waals surface area contributed by atoms with Gasteiger partial charge < -0.3 is 10.6 Å². The molecule has 3 nitrogen and oxygen atoms in total. The second-order valence-corrected chi connectivity index (χ2v) is 4.83. The van der Waals surface area contributed by atoms with Crippen molar-refractivity contribution < 1.29 is 4.79 Å². The van der Waals surface area contributed by atoms with Gasteiger partial charge >= 0.3 is 0 Å². The molecule has 3 heteroatoms. The van der Waals surface area contributed by atoms with E-state index in [4.69, 9.17) is 5.73 Å². The zero-order valence-corrected chi connectivity index (χ0v) is 12.0. The lowest BCUT2D eigenvalue weighted by Gasteiger charge is -2.24. The van der Waals surface area contributed by atoms with Crippen LogP contribution in [-0.4, -0.2) is 12.3 Å². The fraction of sp³-hybridized carbons (Fsp3) is 0.235. The molecule has 0 amide bonds. The normalized spacial score (nSPS) is 10.3. The molecule has 0 heterocycles. The van der Waals surface area contributed by atoms with E-state index in [0.717, 1.165) is 18.8 Å². The van der Waals surface area contributed by atoms with Crippen LogP contribution in [0.15, 0.2) is 48.5 Å². The van der Waals surface area contributed by atoms with Gasteiger partial charge in [-0.1, -0.05) is 30.3 Å². The van der Waals surface area contributed by atoms with E-state index in [-0.39, 0.29) is 5.78 Å². The van der Waals surface area contributed by atoms with Gasteiger partial charge in [0, 0.05) is 30.0 Å². The maximum atomic E-state index is 11.4. The van der Waals surface area contributed by atoms with Crippen molar-refractivity contribution in [2.45, 2.75) is 20.4 Å². The Bertz CT molecular complexity index is 593. The SMILES string of the molecule is CCN(Cc1ccccc1)c1ccc(C(C)=O)c(N)c1. The van der Waals surface area contributed by atoms with E-state index in [1.807, 2.05) is 30.3 Å². The van der Waals surface area contributed by atoms with Crippen molar-refractivity contribution in [3.8, 4) is 0 Å². The van der Waals surface area contributed by atoms with Crippen LogP contribution in [0, 0.1) is 0 Å². The van der Waals surface area contributed by atoms with Gasteiger partial charge in [0.2, 0.25) is 0 Å². The minimum Gasteiger partial charge on any atom is -0.398 e. The molecule has 2 N–H and O–H groups in total. The smallest absolute Gasteiger partial charge is 0.161 e. The van der Waals surface area contributed by atoms with Gasteiger partial charge in [0.1, 0.15) is 0 Å². The fourth-order valence-electron chi connectivity index (χ4n) is 2.26. The highest BCUT2D eigenvalue weighted by Crippen LogP contribution is 2.23. The Morgan fingerprint density at radius 1 is 1.15 bits per heavy atom. The number of carbonyl (C=O) groups excluding carboxylic acids is 1. The van der Waals surface area contributed by atoms with Crippen LogP contribution in [0.2, 0.25) is 0 Å². The van der Waals surface area contributed by atoms with Gasteiger partial charge in [-0.3, -0.25) is 4.79 Å². The van der Waals surface area contributed by atoms with E-state index in [1.165, 1.54) is 12.5 Å². The second kappa shape index (κ2) is 6.24. The first-order valence-electron chi connectivity index (χ1n) is 6.81. The summed E-state index contributed by atoms with van der Waals surface area (Å²) in [5, 5.41) is 0. The molecular weight excluding hydrogens is 248 g/mol. The first-order chi connectivity index (χ1) is 9.61. The van der Waals surface area contributed by atoms with Gasteiger partial charge in [0.05, 0.1) is 0 Å². The lowest BCUT2D eigenvalue weighted by molar-refractivity contribution is 0.101. The summed E-state index contributed by atoms with van der Waals surface area (Å²) in [6, 6.07) is 15.9. The van der Waals surface area contributed by atoms with Gasteiger partial charge in [-0.25, -0.2) is 0 Å². The summed E-state index contributed by atoms with van der Waals surface area (Å²) in [4.78, 5) is 13.6. The number of hydrogen-bond donors (Lipinski definition) is 1. The molecule has 0 saturated carbocycles. The maximum Gasteiger partial charge on any atom is 0.161 e. The molecule has 0 aliphatic carbocycles. The van der Waals surface area contributed by atoms with E-state index in [1.54, 1.807) is 6.07 Å². The highest BCUT2D eigenvalue weighted by atomic mass is 16.1. The summed E-state index contributed by atoms with van der Waals surface area (Å²) in [5.74, 6) is 0.000146. The lowest BCUT2D eigenvalue weighted by atomic mass is 10.1. The number of carbonyl (C=O) groups is 1. The van der Waals surface area contributed by atoms with Crippen molar-refractivity contribution in [3.63, 3.8) is 0 Å². The molecule has 0 radical (unpaired) electrons. The number of Topliss-reactive ketones (excluding diaryl/α,β-unsaturated/α-hetero) is 1. The molecule has 0 fully saturated rings. The van der Waals surface area contributed by atoms with Gasteiger partial charge in [0.25, 0.3) is 0 Å². The van der Waals surface area contributed by atoms with Crippen LogP contribution >= 0.6 is 0 Å². The molecule has 0 aliphatic heterocycles. The lowest BCUT2D eigenvalue weighted by Crippen LogP contribution is -2.22.